The summed E-state index contributed by atoms with van der Waals surface area (Å²) in [5, 5.41) is 0. The van der Waals surface area contributed by atoms with Crippen molar-refractivity contribution >= 4 is 66.9 Å². The van der Waals surface area contributed by atoms with Gasteiger partial charge in [0.25, 0.3) is 0 Å². The maximum Gasteiger partial charge on any atom is 0.0379 e. The summed E-state index contributed by atoms with van der Waals surface area (Å²) < 4.78 is 22.2. The van der Waals surface area contributed by atoms with Crippen molar-refractivity contribution in [3.05, 3.63) is 37.5 Å². The third-order valence-corrected chi connectivity index (χ3v) is 4.22. The van der Waals surface area contributed by atoms with E-state index in [0.717, 1.165) is 18.4 Å². The summed E-state index contributed by atoms with van der Waals surface area (Å²) in [6, 6.07) is 0. The van der Waals surface area contributed by atoms with Crippen LogP contribution in [0.1, 0.15) is 32.6 Å². The van der Waals surface area contributed by atoms with Crippen molar-refractivity contribution in [1.29, 1.82) is 0 Å². The standard InChI is InChI=1S/C17H19GeN2O9.3C3H9Si/c1-8(21)26-7-12-13(27-9(2)22)14(28-10(3)23)16(29-12)20-6-11(4-5-18)15(24)19-17(20)25;3*1-4(2)3/h4-6,12-14,16H,7H2,1-3H3,(H,19,24,25);3*1-3H3/b5-4+;;;/t12-,13-,14+,16-;;;/m1.../s1. The van der Waals surface area contributed by atoms with Gasteiger partial charge in [-0.05, 0) is 0 Å². The molecule has 0 aromatic carbocycles. The van der Waals surface area contributed by atoms with E-state index in [0.29, 0.717) is 0 Å². The largest absolute Gasteiger partial charge is 0.0715 e. The number of nitrogens with one attached hydrogen (secondary N) is 1. The van der Waals surface area contributed by atoms with E-state index in [2.05, 4.69) is 63.9 Å². The fourth-order valence-corrected chi connectivity index (χ4v) is 3.19. The van der Waals surface area contributed by atoms with Gasteiger partial charge in [0.05, 0.1) is 0 Å². The van der Waals surface area contributed by atoms with Gasteiger partial charge in [-0.3, -0.25) is 0 Å². The van der Waals surface area contributed by atoms with Crippen LogP contribution in [0.3, 0.4) is 0 Å². The van der Waals surface area contributed by atoms with Crippen LogP contribution in [-0.4, -0.2) is 95.3 Å². The Labute approximate surface area is 257 Å². The molecule has 1 aliphatic rings. The van der Waals surface area contributed by atoms with Gasteiger partial charge in [-0.15, -0.1) is 0 Å². The first-order valence-corrected chi connectivity index (χ1v) is 23.2. The number of H-pyrrole nitrogens is 1. The number of hydrogen-bond donors (Lipinski definition) is 1. The van der Waals surface area contributed by atoms with Crippen LogP contribution in [0.15, 0.2) is 20.7 Å². The molecule has 11 nitrogen and oxygen atoms in total. The molecule has 4 atom stereocenters. The van der Waals surface area contributed by atoms with E-state index in [4.69, 9.17) is 18.9 Å². The van der Waals surface area contributed by atoms with Crippen molar-refractivity contribution in [2.45, 2.75) is 104 Å². The molecule has 230 valence electrons. The minimum atomic E-state index is -1.24. The van der Waals surface area contributed by atoms with Crippen LogP contribution >= 0.6 is 0 Å². The first kappa shape index (κ1) is 41.1. The van der Waals surface area contributed by atoms with Crippen LogP contribution in [0.25, 0.3) is 6.08 Å². The van der Waals surface area contributed by atoms with Crippen molar-refractivity contribution in [2.75, 3.05) is 6.61 Å². The Kier molecular flexibility index (Phi) is 21.7. The second-order valence-corrected chi connectivity index (χ2v) is 20.3. The molecule has 1 aromatic rings. The quantitative estimate of drug-likeness (QED) is 0.271. The maximum atomic E-state index is 12.4. The minimum Gasteiger partial charge on any atom is -0.0715 e. The summed E-state index contributed by atoms with van der Waals surface area (Å²) in [5.74, 6) is -1.99. The first-order chi connectivity index (χ1) is 18.8. The number of rotatable bonds is 6. The molecule has 0 amide bonds. The van der Waals surface area contributed by atoms with E-state index in [1.807, 2.05) is 0 Å². The molecule has 15 heteroatoms. The molecule has 0 spiro atoms. The van der Waals surface area contributed by atoms with Crippen LogP contribution in [0.5, 0.6) is 0 Å². The van der Waals surface area contributed by atoms with E-state index < -0.39 is 53.7 Å². The number of carbonyl (C=O) groups excluding carboxylic acids is 3. The molecule has 6 radical (unpaired) electrons. The van der Waals surface area contributed by atoms with Gasteiger partial charge in [-0.25, -0.2) is 0 Å². The molecular weight excluding hydrogens is 641 g/mol. The van der Waals surface area contributed by atoms with Crippen molar-refractivity contribution in [3.63, 3.8) is 0 Å². The van der Waals surface area contributed by atoms with Crippen LogP contribution in [0.4, 0.5) is 0 Å². The summed E-state index contributed by atoms with van der Waals surface area (Å²) in [6.45, 7) is 23.6. The second kappa shape index (κ2) is 21.7. The molecule has 0 saturated carbocycles. The van der Waals surface area contributed by atoms with Gasteiger partial charge in [0.15, 0.2) is 0 Å². The smallest absolute Gasteiger partial charge is 0.0379 e. The topological polar surface area (TPSA) is 143 Å². The van der Waals surface area contributed by atoms with Crippen molar-refractivity contribution in [1.82, 2.24) is 9.55 Å². The van der Waals surface area contributed by atoms with Crippen molar-refractivity contribution in [2.24, 2.45) is 0 Å². The fourth-order valence-electron chi connectivity index (χ4n) is 2.82. The van der Waals surface area contributed by atoms with Crippen LogP contribution in [0, 0.1) is 0 Å². The van der Waals surface area contributed by atoms with E-state index in [-0.39, 0.29) is 38.6 Å². The van der Waals surface area contributed by atoms with Crippen molar-refractivity contribution < 1.29 is 33.3 Å². The molecule has 1 aliphatic heterocycles. The molecule has 1 saturated heterocycles. The summed E-state index contributed by atoms with van der Waals surface area (Å²) in [7, 11) is 0.361. The van der Waals surface area contributed by atoms with Crippen LogP contribution in [-0.2, 0) is 33.3 Å². The van der Waals surface area contributed by atoms with Gasteiger partial charge >= 0.3 is 173 Å². The van der Waals surface area contributed by atoms with Crippen molar-refractivity contribution in [3.8, 4) is 0 Å². The van der Waals surface area contributed by atoms with Gasteiger partial charge in [0.1, 0.15) is 0 Å². The number of aromatic amines is 1. The average molecular weight is 688 g/mol. The zero-order chi connectivity index (χ0) is 32.4. The van der Waals surface area contributed by atoms with Crippen LogP contribution in [0.2, 0.25) is 58.9 Å². The number of ether oxygens (including phenoxy) is 4. The molecule has 41 heavy (non-hydrogen) atoms. The van der Waals surface area contributed by atoms with E-state index in [9.17, 15) is 24.0 Å². The second-order valence-electron chi connectivity index (χ2n) is 10.6. The van der Waals surface area contributed by atoms with E-state index in [1.54, 1.807) is 21.4 Å². The third kappa shape index (κ3) is 19.7. The number of esters is 3. The zero-order valence-electron chi connectivity index (χ0n) is 26.4. The molecule has 2 rings (SSSR count). The fraction of sp³-hybridized carbons (Fsp3) is 0.654. The Morgan fingerprint density at radius 3 is 1.71 bits per heavy atom. The summed E-state index contributed by atoms with van der Waals surface area (Å²) >= 11 is 1.69. The molecule has 1 aromatic heterocycles. The molecule has 1 N–H and O–H groups in total. The maximum absolute atomic E-state index is 12.4. The molecule has 0 unspecified atom stereocenters. The Bertz CT molecular complexity index is 1070. The first-order valence-electron chi connectivity index (χ1n) is 13.0. The Morgan fingerprint density at radius 2 is 1.32 bits per heavy atom. The molecule has 2 heterocycles. The number of carbonyl (C=O) groups is 3. The van der Waals surface area contributed by atoms with Gasteiger partial charge in [0, 0.05) is 26.4 Å². The van der Waals surface area contributed by atoms with Gasteiger partial charge in [-0.2, -0.15) is 0 Å². The summed E-state index contributed by atoms with van der Waals surface area (Å²) in [5.41, 5.74) is -1.27. The third-order valence-electron chi connectivity index (χ3n) is 3.87. The molecular formula is C26H46GeN2O9Si3. The van der Waals surface area contributed by atoms with Gasteiger partial charge in [0.2, 0.25) is 0 Å². The zero-order valence-corrected chi connectivity index (χ0v) is 31.5. The normalized spacial score (nSPS) is 19.4. The SMILES string of the molecule is CC(=O)OC[C@H]1O[C@@H](n2cc(/C=[CH]/[Ge])c(=O)[nH]c2=O)[C@@H](OC(C)=O)[C@@H]1OC(C)=O.C[Si](C)C.C[Si](C)C.C[Si](C)C. The Balaban J connectivity index is 0. The summed E-state index contributed by atoms with van der Waals surface area (Å²) in [4.78, 5) is 62.4. The van der Waals surface area contributed by atoms with Crippen LogP contribution < -0.4 is 11.2 Å². The predicted molar refractivity (Wildman–Crippen MR) is 168 cm³/mol. The van der Waals surface area contributed by atoms with Gasteiger partial charge < -0.3 is 0 Å². The number of hydrogen-bond acceptors (Lipinski definition) is 9. The number of nitrogens with zero attached hydrogens (tertiary/aromatic N) is 1. The van der Waals surface area contributed by atoms with E-state index in [1.165, 1.54) is 19.2 Å². The average Bonchev–Trinajstić information content (AvgIpc) is 3.08. The molecule has 1 fully saturated rings. The van der Waals surface area contributed by atoms with E-state index >= 15 is 0 Å². The predicted octanol–water partition coefficient (Wildman–Crippen LogP) is 3.11. The van der Waals surface area contributed by atoms with Gasteiger partial charge in [-0.1, -0.05) is 58.9 Å². The summed E-state index contributed by atoms with van der Waals surface area (Å²) in [6.07, 6.45) is -1.91. The Hall–Kier alpha value is -2.02. The minimum absolute atomic E-state index is 0.120. The Morgan fingerprint density at radius 1 is 0.878 bits per heavy atom. The monoisotopic (exact) mass is 688 g/mol. The number of aromatic nitrogens is 2. The molecule has 0 bridgehead atoms. The molecule has 0 aliphatic carbocycles.